The molecule has 1 aliphatic heterocycles. The molecule has 0 atom stereocenters. The van der Waals surface area contributed by atoms with Crippen LogP contribution in [0.4, 0.5) is 0 Å². The number of hydrogen-bond donors (Lipinski definition) is 2. The zero-order chi connectivity index (χ0) is 12.0. The van der Waals surface area contributed by atoms with E-state index in [0.29, 0.717) is 0 Å². The minimum Gasteiger partial charge on any atom is -0.389 e. The molecule has 0 spiro atoms. The summed E-state index contributed by atoms with van der Waals surface area (Å²) < 4.78 is 0. The lowest BCUT2D eigenvalue weighted by molar-refractivity contribution is 0.0245. The average molecular weight is 228 g/mol. The van der Waals surface area contributed by atoms with Crippen molar-refractivity contribution in [2.75, 3.05) is 32.7 Å². The van der Waals surface area contributed by atoms with E-state index in [0.717, 1.165) is 32.1 Å². The Morgan fingerprint density at radius 2 is 1.94 bits per heavy atom. The van der Waals surface area contributed by atoms with Crippen LogP contribution in [-0.2, 0) is 0 Å². The second-order valence-electron chi connectivity index (χ2n) is 5.74. The predicted molar refractivity (Wildman–Crippen MR) is 68.6 cm³/mol. The van der Waals surface area contributed by atoms with Crippen molar-refractivity contribution in [1.82, 2.24) is 10.2 Å². The number of nitrogens with one attached hydrogen (secondary N) is 1. The quantitative estimate of drug-likeness (QED) is 0.676. The Balaban J connectivity index is 2.13. The molecular formula is C13H28N2O. The number of hydrogen-bond acceptors (Lipinski definition) is 3. The highest BCUT2D eigenvalue weighted by atomic mass is 16.3. The number of nitrogens with zero attached hydrogens (tertiary/aromatic N) is 1. The fourth-order valence-electron chi connectivity index (χ4n) is 2.38. The third-order valence-corrected chi connectivity index (χ3v) is 3.18. The lowest BCUT2D eigenvalue weighted by Crippen LogP contribution is -2.44. The first-order chi connectivity index (χ1) is 7.51. The number of piperidine rings is 1. The Kier molecular flexibility index (Phi) is 5.73. The number of likely N-dealkylation sites (tertiary alicyclic amines) is 1. The summed E-state index contributed by atoms with van der Waals surface area (Å²) in [6.45, 7) is 11.4. The van der Waals surface area contributed by atoms with E-state index in [2.05, 4.69) is 17.1 Å². The summed E-state index contributed by atoms with van der Waals surface area (Å²) in [7, 11) is 0. The highest BCUT2D eigenvalue weighted by Crippen LogP contribution is 2.18. The molecule has 0 aromatic rings. The first kappa shape index (κ1) is 13.9. The molecule has 0 radical (unpaired) electrons. The minimum absolute atomic E-state index is 0.548. The molecule has 96 valence electrons. The smallest absolute Gasteiger partial charge is 0.0718 e. The van der Waals surface area contributed by atoms with Gasteiger partial charge < -0.3 is 15.3 Å². The summed E-state index contributed by atoms with van der Waals surface area (Å²) in [5, 5.41) is 13.3. The summed E-state index contributed by atoms with van der Waals surface area (Å²) in [6, 6.07) is 0. The van der Waals surface area contributed by atoms with Gasteiger partial charge in [-0.15, -0.1) is 0 Å². The lowest BCUT2D eigenvalue weighted by Gasteiger charge is -2.35. The van der Waals surface area contributed by atoms with E-state index in [1.54, 1.807) is 0 Å². The van der Waals surface area contributed by atoms with E-state index >= 15 is 0 Å². The zero-order valence-electron chi connectivity index (χ0n) is 11.1. The molecule has 3 nitrogen and oxygen atoms in total. The van der Waals surface area contributed by atoms with Gasteiger partial charge in [-0.1, -0.05) is 6.92 Å². The van der Waals surface area contributed by atoms with Crippen LogP contribution in [0.2, 0.25) is 0 Å². The molecule has 1 saturated heterocycles. The van der Waals surface area contributed by atoms with Crippen molar-refractivity contribution in [3.8, 4) is 0 Å². The van der Waals surface area contributed by atoms with Crippen molar-refractivity contribution >= 4 is 0 Å². The van der Waals surface area contributed by atoms with Crippen molar-refractivity contribution in [2.45, 2.75) is 45.6 Å². The van der Waals surface area contributed by atoms with E-state index in [-0.39, 0.29) is 0 Å². The highest BCUT2D eigenvalue weighted by Gasteiger charge is 2.23. The summed E-state index contributed by atoms with van der Waals surface area (Å²) >= 11 is 0. The van der Waals surface area contributed by atoms with Crippen LogP contribution < -0.4 is 5.32 Å². The van der Waals surface area contributed by atoms with E-state index in [1.165, 1.54) is 25.8 Å². The van der Waals surface area contributed by atoms with E-state index in [9.17, 15) is 5.11 Å². The van der Waals surface area contributed by atoms with Gasteiger partial charge in [0.2, 0.25) is 0 Å². The molecule has 0 bridgehead atoms. The van der Waals surface area contributed by atoms with Gasteiger partial charge in [0.15, 0.2) is 0 Å². The second kappa shape index (κ2) is 6.58. The number of β-amino-alcohol motifs (C(OH)–C–C–N with tert-alkyl or cyclic N) is 1. The molecular weight excluding hydrogens is 200 g/mol. The van der Waals surface area contributed by atoms with Gasteiger partial charge in [0, 0.05) is 6.54 Å². The topological polar surface area (TPSA) is 35.5 Å². The fraction of sp³-hybridized carbons (Fsp3) is 1.00. The normalized spacial score (nSPS) is 20.2. The molecule has 0 unspecified atom stereocenters. The van der Waals surface area contributed by atoms with Gasteiger partial charge in [0.05, 0.1) is 5.60 Å². The van der Waals surface area contributed by atoms with Crippen molar-refractivity contribution in [1.29, 1.82) is 0 Å². The van der Waals surface area contributed by atoms with Crippen LogP contribution in [-0.4, -0.2) is 48.3 Å². The third-order valence-electron chi connectivity index (χ3n) is 3.18. The van der Waals surface area contributed by atoms with Gasteiger partial charge in [-0.2, -0.15) is 0 Å². The standard InChI is InChI=1S/C13H28N2O/c1-4-7-14-10-12-5-8-15(9-6-12)11-13(2,3)16/h12,14,16H,4-11H2,1-3H3. The predicted octanol–water partition coefficient (Wildman–Crippen LogP) is 1.47. The molecule has 16 heavy (non-hydrogen) atoms. The summed E-state index contributed by atoms with van der Waals surface area (Å²) in [5.41, 5.74) is -0.548. The molecule has 0 amide bonds. The maximum absolute atomic E-state index is 9.76. The Morgan fingerprint density at radius 3 is 2.44 bits per heavy atom. The van der Waals surface area contributed by atoms with Crippen LogP contribution in [0.15, 0.2) is 0 Å². The largest absolute Gasteiger partial charge is 0.389 e. The molecule has 3 heteroatoms. The summed E-state index contributed by atoms with van der Waals surface area (Å²) in [4.78, 5) is 2.39. The molecule has 0 aromatic carbocycles. The third kappa shape index (κ3) is 5.83. The van der Waals surface area contributed by atoms with Crippen molar-refractivity contribution in [3.63, 3.8) is 0 Å². The molecule has 0 aromatic heterocycles. The molecule has 1 heterocycles. The monoisotopic (exact) mass is 228 g/mol. The summed E-state index contributed by atoms with van der Waals surface area (Å²) in [6.07, 6.45) is 3.76. The zero-order valence-corrected chi connectivity index (χ0v) is 11.1. The molecule has 1 aliphatic rings. The van der Waals surface area contributed by atoms with Crippen LogP contribution in [0.25, 0.3) is 0 Å². The highest BCUT2D eigenvalue weighted by molar-refractivity contribution is 4.78. The van der Waals surface area contributed by atoms with Gasteiger partial charge in [0.1, 0.15) is 0 Å². The van der Waals surface area contributed by atoms with Crippen LogP contribution in [0.5, 0.6) is 0 Å². The van der Waals surface area contributed by atoms with Crippen molar-refractivity contribution < 1.29 is 5.11 Å². The van der Waals surface area contributed by atoms with Crippen LogP contribution in [0.1, 0.15) is 40.0 Å². The molecule has 1 fully saturated rings. The van der Waals surface area contributed by atoms with Gasteiger partial charge in [-0.25, -0.2) is 0 Å². The maximum Gasteiger partial charge on any atom is 0.0718 e. The van der Waals surface area contributed by atoms with Crippen LogP contribution >= 0.6 is 0 Å². The maximum atomic E-state index is 9.76. The van der Waals surface area contributed by atoms with Gasteiger partial charge in [-0.05, 0) is 65.2 Å². The Labute approximate surface area is 100 Å². The van der Waals surface area contributed by atoms with Gasteiger partial charge in [0.25, 0.3) is 0 Å². The average Bonchev–Trinajstić information content (AvgIpc) is 2.19. The Morgan fingerprint density at radius 1 is 1.31 bits per heavy atom. The number of rotatable bonds is 6. The van der Waals surface area contributed by atoms with E-state index in [1.807, 2.05) is 13.8 Å². The molecule has 2 N–H and O–H groups in total. The first-order valence-electron chi connectivity index (χ1n) is 6.66. The fourth-order valence-corrected chi connectivity index (χ4v) is 2.38. The summed E-state index contributed by atoms with van der Waals surface area (Å²) in [5.74, 6) is 0.838. The SMILES string of the molecule is CCCNCC1CCN(CC(C)(C)O)CC1. The first-order valence-corrected chi connectivity index (χ1v) is 6.66. The lowest BCUT2D eigenvalue weighted by atomic mass is 9.95. The molecule has 0 aliphatic carbocycles. The van der Waals surface area contributed by atoms with E-state index < -0.39 is 5.60 Å². The van der Waals surface area contributed by atoms with Gasteiger partial charge in [-0.3, -0.25) is 0 Å². The molecule has 0 saturated carbocycles. The van der Waals surface area contributed by atoms with Crippen molar-refractivity contribution in [2.24, 2.45) is 5.92 Å². The molecule has 1 rings (SSSR count). The Hall–Kier alpha value is -0.120. The van der Waals surface area contributed by atoms with E-state index in [4.69, 9.17) is 0 Å². The number of aliphatic hydroxyl groups is 1. The van der Waals surface area contributed by atoms with Crippen LogP contribution in [0, 0.1) is 5.92 Å². The minimum atomic E-state index is -0.548. The Bertz CT molecular complexity index is 181. The van der Waals surface area contributed by atoms with Crippen molar-refractivity contribution in [3.05, 3.63) is 0 Å². The van der Waals surface area contributed by atoms with Crippen LogP contribution in [0.3, 0.4) is 0 Å². The second-order valence-corrected chi connectivity index (χ2v) is 5.74. The van der Waals surface area contributed by atoms with Gasteiger partial charge >= 0.3 is 0 Å².